The van der Waals surface area contributed by atoms with Gasteiger partial charge in [0.2, 0.25) is 5.28 Å². The van der Waals surface area contributed by atoms with Crippen LogP contribution in [0.4, 0.5) is 10.2 Å². The first-order valence-corrected chi connectivity index (χ1v) is 15.7. The molecule has 230 valence electrons. The molecule has 20 heteroatoms. The number of para-hydroxylation sites is 1. The number of phosphoric ester groups is 1. The number of nitrogens with zero attached hydrogens (tertiary/aromatic N) is 4. The second-order valence-electron chi connectivity index (χ2n) is 9.29. The summed E-state index contributed by atoms with van der Waals surface area (Å²) in [5.74, 6) is -0.951. The van der Waals surface area contributed by atoms with Gasteiger partial charge in [-0.1, -0.05) is 18.2 Å². The zero-order chi connectivity index (χ0) is 30.8. The second-order valence-corrected chi connectivity index (χ2v) is 12.9. The monoisotopic (exact) mass is 652 g/mol. The Morgan fingerprint density at radius 1 is 1.26 bits per heavy atom. The van der Waals surface area contributed by atoms with Crippen molar-refractivity contribution in [2.75, 3.05) is 12.3 Å². The van der Waals surface area contributed by atoms with Gasteiger partial charge < -0.3 is 29.7 Å². The summed E-state index contributed by atoms with van der Waals surface area (Å²) in [4.78, 5) is 34.4. The minimum Gasteiger partial charge on any atom is -0.462 e. The maximum absolute atomic E-state index is 15.1. The van der Waals surface area contributed by atoms with E-state index in [1.54, 1.807) is 19.9 Å². The molecular weight excluding hydrogens is 625 g/mol. The van der Waals surface area contributed by atoms with Crippen molar-refractivity contribution in [3.8, 4) is 5.75 Å². The molecule has 0 amide bonds. The van der Waals surface area contributed by atoms with Crippen molar-refractivity contribution in [3.63, 3.8) is 0 Å². The number of hydrogen-bond acceptors (Lipinski definition) is 13. The maximum atomic E-state index is 15.1. The summed E-state index contributed by atoms with van der Waals surface area (Å²) >= 11 is 5.84. The number of aliphatic hydroxyl groups excluding tert-OH is 1. The summed E-state index contributed by atoms with van der Waals surface area (Å²) in [5.41, 5.74) is 5.89. The molecular formula is C22H28ClFN6O10P2. The van der Waals surface area contributed by atoms with Gasteiger partial charge in [0, 0.05) is 0 Å². The Bertz CT molecular complexity index is 1520. The van der Waals surface area contributed by atoms with Gasteiger partial charge in [-0.25, -0.2) is 18.5 Å². The lowest BCUT2D eigenvalue weighted by Gasteiger charge is -2.25. The first-order chi connectivity index (χ1) is 19.7. The molecule has 7 atom stereocenters. The van der Waals surface area contributed by atoms with Gasteiger partial charge in [-0.15, -0.1) is 0 Å². The molecule has 1 fully saturated rings. The quantitative estimate of drug-likeness (QED) is 0.125. The van der Waals surface area contributed by atoms with Crippen LogP contribution in [-0.2, 0) is 32.2 Å². The third-order valence-electron chi connectivity index (χ3n) is 5.63. The zero-order valence-corrected chi connectivity index (χ0v) is 24.9. The number of nitrogen functional groups attached to an aromatic ring is 1. The van der Waals surface area contributed by atoms with E-state index in [2.05, 4.69) is 20.0 Å². The molecule has 1 saturated heterocycles. The average Bonchev–Trinajstić information content (AvgIpc) is 3.43. The number of anilines is 1. The molecule has 3 unspecified atom stereocenters. The van der Waals surface area contributed by atoms with E-state index in [1.165, 1.54) is 31.2 Å². The number of nitrogens with two attached hydrogens (primary N) is 1. The summed E-state index contributed by atoms with van der Waals surface area (Å²) in [5, 5.41) is 12.4. The largest absolute Gasteiger partial charge is 0.481 e. The van der Waals surface area contributed by atoms with E-state index in [9.17, 15) is 23.9 Å². The number of esters is 1. The van der Waals surface area contributed by atoms with Gasteiger partial charge in [-0.05, 0) is 44.5 Å². The number of benzene rings is 1. The highest BCUT2D eigenvalue weighted by Gasteiger charge is 2.48. The Morgan fingerprint density at radius 2 is 1.95 bits per heavy atom. The molecule has 1 aliphatic rings. The number of aliphatic hydroxyl groups is 1. The molecule has 0 radical (unpaired) electrons. The van der Waals surface area contributed by atoms with E-state index in [-0.39, 0.29) is 28.0 Å². The van der Waals surface area contributed by atoms with Gasteiger partial charge in [0.15, 0.2) is 23.9 Å². The van der Waals surface area contributed by atoms with Gasteiger partial charge in [0.25, 0.3) is 0 Å². The van der Waals surface area contributed by atoms with Crippen LogP contribution in [-0.4, -0.2) is 72.6 Å². The van der Waals surface area contributed by atoms with Crippen LogP contribution in [0, 0.1) is 0 Å². The fraction of sp³-hybridized carbons (Fsp3) is 0.455. The molecule has 0 aliphatic carbocycles. The maximum Gasteiger partial charge on any atom is 0.481 e. The Kier molecular flexibility index (Phi) is 9.87. The van der Waals surface area contributed by atoms with Crippen LogP contribution in [0.2, 0.25) is 5.28 Å². The van der Waals surface area contributed by atoms with E-state index >= 15 is 4.39 Å². The van der Waals surface area contributed by atoms with Crippen molar-refractivity contribution >= 4 is 50.1 Å². The van der Waals surface area contributed by atoms with Crippen molar-refractivity contribution in [2.45, 2.75) is 57.5 Å². The van der Waals surface area contributed by atoms with Crippen LogP contribution >= 0.6 is 27.2 Å². The molecule has 1 aliphatic heterocycles. The minimum absolute atomic E-state index is 0.0141. The number of halogens is 2. The van der Waals surface area contributed by atoms with Gasteiger partial charge >= 0.3 is 21.5 Å². The molecule has 3 aromatic rings. The third kappa shape index (κ3) is 7.61. The van der Waals surface area contributed by atoms with Crippen molar-refractivity contribution in [1.82, 2.24) is 24.6 Å². The number of fused-ring (bicyclic) bond motifs is 1. The second kappa shape index (κ2) is 12.9. The summed E-state index contributed by atoms with van der Waals surface area (Å²) in [6, 6.07) is 6.15. The van der Waals surface area contributed by atoms with E-state index in [1.807, 2.05) is 0 Å². The predicted octanol–water partition coefficient (Wildman–Crippen LogP) is 2.91. The third-order valence-corrected chi connectivity index (χ3v) is 9.11. The van der Waals surface area contributed by atoms with Crippen LogP contribution in [0.5, 0.6) is 5.75 Å². The molecule has 1 aromatic carbocycles. The first-order valence-electron chi connectivity index (χ1n) is 12.3. The Morgan fingerprint density at radius 3 is 2.62 bits per heavy atom. The van der Waals surface area contributed by atoms with Crippen LogP contribution in [0.25, 0.3) is 11.2 Å². The van der Waals surface area contributed by atoms with Crippen LogP contribution < -0.4 is 15.3 Å². The standard InChI is InChI=1S/C22H28ClFN6O10P2/c1-11(2)37-21(32)12(3)29-41(33,39-13-7-5-4-6-8-13)40-42(34,35)36-9-14-17(31)15(24)20(38-14)30-10-26-16-18(25)27-22(23)28-19(16)30/h4-8,10-12,14-15,17,20,31H,9H2,1-3H3,(H,29,33)(H,34,35)(H2,25,27,28)/t12-,14+,15+,17?,20+,41?/m0/s1. The lowest BCUT2D eigenvalue weighted by Crippen LogP contribution is -2.36. The highest BCUT2D eigenvalue weighted by molar-refractivity contribution is 7.63. The molecule has 4 rings (SSSR count). The van der Waals surface area contributed by atoms with Gasteiger partial charge in [-0.2, -0.15) is 19.4 Å². The Hall–Kier alpha value is -2.72. The number of imidazole rings is 1. The number of carbonyl (C=O) groups is 1. The molecule has 16 nitrogen and oxygen atoms in total. The molecule has 0 bridgehead atoms. The van der Waals surface area contributed by atoms with Crippen molar-refractivity contribution in [1.29, 1.82) is 0 Å². The smallest absolute Gasteiger partial charge is 0.462 e. The van der Waals surface area contributed by atoms with E-state index in [0.717, 1.165) is 10.9 Å². The van der Waals surface area contributed by atoms with Gasteiger partial charge in [0.1, 0.15) is 29.5 Å². The fourth-order valence-corrected chi connectivity index (χ4v) is 6.94. The van der Waals surface area contributed by atoms with Crippen LogP contribution in [0.3, 0.4) is 0 Å². The molecule has 42 heavy (non-hydrogen) atoms. The predicted molar refractivity (Wildman–Crippen MR) is 145 cm³/mol. The zero-order valence-electron chi connectivity index (χ0n) is 22.3. The molecule has 0 spiro atoms. The average molecular weight is 653 g/mol. The molecule has 2 aromatic heterocycles. The topological polar surface area (TPSA) is 219 Å². The highest BCUT2D eigenvalue weighted by Crippen LogP contribution is 2.60. The number of hydrogen-bond donors (Lipinski definition) is 4. The first kappa shape index (κ1) is 32.2. The Labute approximate surface area is 243 Å². The summed E-state index contributed by atoms with van der Waals surface area (Å²) in [6.45, 7) is 3.56. The number of phosphoric acid groups is 1. The summed E-state index contributed by atoms with van der Waals surface area (Å²) < 4.78 is 68.3. The summed E-state index contributed by atoms with van der Waals surface area (Å²) in [7, 11) is -10.1. The highest BCUT2D eigenvalue weighted by atomic mass is 35.5. The van der Waals surface area contributed by atoms with Crippen LogP contribution in [0.1, 0.15) is 27.0 Å². The number of nitrogens with one attached hydrogen (secondary N) is 1. The molecule has 5 N–H and O–H groups in total. The fourth-order valence-electron chi connectivity index (χ4n) is 3.80. The molecule has 0 saturated carbocycles. The number of aromatic nitrogens is 4. The number of carbonyl (C=O) groups excluding carboxylic acids is 1. The van der Waals surface area contributed by atoms with E-state index in [0.29, 0.717) is 0 Å². The van der Waals surface area contributed by atoms with Crippen LogP contribution in [0.15, 0.2) is 36.7 Å². The van der Waals surface area contributed by atoms with Gasteiger partial charge in [-0.3, -0.25) is 13.9 Å². The Balaban J connectivity index is 1.47. The van der Waals surface area contributed by atoms with Crippen molar-refractivity contribution in [3.05, 3.63) is 41.9 Å². The molecule has 3 heterocycles. The SMILES string of the molecule is CC(C)OC(=O)[C@H](C)NP(=O)(Oc1ccccc1)OP(=O)(O)OC[C@H]1O[C@@H](n2cnc3c(N)nc(Cl)nc32)[C@H](F)C1O. The van der Waals surface area contributed by atoms with Crippen molar-refractivity contribution < 1.29 is 51.1 Å². The van der Waals surface area contributed by atoms with Gasteiger partial charge in [0.05, 0.1) is 19.0 Å². The van der Waals surface area contributed by atoms with Crippen molar-refractivity contribution in [2.24, 2.45) is 0 Å². The van der Waals surface area contributed by atoms with E-state index < -0.39 is 64.9 Å². The normalized spacial score (nSPS) is 24.3. The lowest BCUT2D eigenvalue weighted by atomic mass is 10.1. The number of ether oxygens (including phenoxy) is 2. The van der Waals surface area contributed by atoms with E-state index in [4.69, 9.17) is 40.2 Å². The lowest BCUT2D eigenvalue weighted by molar-refractivity contribution is -0.149. The summed E-state index contributed by atoms with van der Waals surface area (Å²) in [6.07, 6.45) is -6.31. The number of alkyl halides is 1. The number of rotatable bonds is 12. The minimum atomic E-state index is -5.29.